The number of nitrogens with one attached hydrogen (secondary N) is 2. The minimum Gasteiger partial charge on any atom is -0.497 e. The molecule has 256 valence electrons. The summed E-state index contributed by atoms with van der Waals surface area (Å²) >= 11 is 2.80. The summed E-state index contributed by atoms with van der Waals surface area (Å²) in [6.45, 7) is 1.78. The highest BCUT2D eigenvalue weighted by Crippen LogP contribution is 2.68. The molecule has 8 rings (SSSR count). The van der Waals surface area contributed by atoms with E-state index in [0.29, 0.717) is 28.4 Å². The highest BCUT2D eigenvalue weighted by Gasteiger charge is 2.69. The fraction of sp³-hybridized carbons (Fsp3) is 0.324. The summed E-state index contributed by atoms with van der Waals surface area (Å²) in [6.07, 6.45) is 0.752. The number of amides is 3. The van der Waals surface area contributed by atoms with E-state index >= 15 is 0 Å². The lowest BCUT2D eigenvalue weighted by Crippen LogP contribution is -2.42. The first kappa shape index (κ1) is 32.3. The summed E-state index contributed by atoms with van der Waals surface area (Å²) in [4.78, 5) is 70.8. The van der Waals surface area contributed by atoms with E-state index in [-0.39, 0.29) is 64.7 Å². The van der Waals surface area contributed by atoms with Gasteiger partial charge in [-0.1, -0.05) is 23.5 Å². The minimum absolute atomic E-state index is 0.00158. The molecule has 4 unspecified atom stereocenters. The largest absolute Gasteiger partial charge is 0.497 e. The maximum Gasteiger partial charge on any atom is 0.338 e. The SMILES string of the molecule is CCOC(=O)c1ccc(N2C(=O)C3C(C2=O)[C@@H]2C[C@H]3C3Sc4[nH]c(=O)sc4[C@H](c4cccc(OCC(=O)Nc5ccc(OC)cc5)c4)C32)cc1. The van der Waals surface area contributed by atoms with Gasteiger partial charge in [0.25, 0.3) is 5.91 Å². The Morgan fingerprint density at radius 3 is 2.40 bits per heavy atom. The predicted molar refractivity (Wildman–Crippen MR) is 187 cm³/mol. The molecule has 1 aromatic heterocycles. The lowest BCUT2D eigenvalue weighted by atomic mass is 9.68. The molecule has 2 N–H and O–H groups in total. The number of methoxy groups -OCH3 is 1. The van der Waals surface area contributed by atoms with Crippen LogP contribution in [-0.2, 0) is 19.1 Å². The minimum atomic E-state index is -0.472. The molecule has 2 aliphatic carbocycles. The molecule has 2 aliphatic heterocycles. The van der Waals surface area contributed by atoms with Crippen LogP contribution in [0.1, 0.15) is 40.1 Å². The molecule has 0 spiro atoms. The molecule has 2 saturated carbocycles. The number of carbonyl (C=O) groups excluding carboxylic acids is 4. The van der Waals surface area contributed by atoms with Gasteiger partial charge in [-0.3, -0.25) is 24.1 Å². The van der Waals surface area contributed by atoms with Crippen LogP contribution in [0.3, 0.4) is 0 Å². The van der Waals surface area contributed by atoms with Crippen molar-refractivity contribution >= 4 is 58.2 Å². The number of carbonyl (C=O) groups is 4. The van der Waals surface area contributed by atoms with Crippen molar-refractivity contribution in [2.75, 3.05) is 30.5 Å². The number of aromatic amines is 1. The summed E-state index contributed by atoms with van der Waals surface area (Å²) in [7, 11) is 1.58. The monoisotopic (exact) mass is 711 g/mol. The average molecular weight is 712 g/mol. The zero-order chi connectivity index (χ0) is 34.7. The Hall–Kier alpha value is -4.88. The quantitative estimate of drug-likeness (QED) is 0.174. The third-order valence-corrected chi connectivity index (χ3v) is 12.9. The van der Waals surface area contributed by atoms with Gasteiger partial charge in [0, 0.05) is 21.7 Å². The Kier molecular flexibility index (Phi) is 8.26. The van der Waals surface area contributed by atoms with E-state index in [4.69, 9.17) is 14.2 Å². The molecular weight excluding hydrogens is 679 g/mol. The molecule has 13 heteroatoms. The van der Waals surface area contributed by atoms with Crippen molar-refractivity contribution in [2.45, 2.75) is 29.5 Å². The van der Waals surface area contributed by atoms with Gasteiger partial charge in [0.15, 0.2) is 6.61 Å². The van der Waals surface area contributed by atoms with Crippen molar-refractivity contribution in [1.29, 1.82) is 0 Å². The topological polar surface area (TPSA) is 144 Å². The van der Waals surface area contributed by atoms with E-state index in [9.17, 15) is 24.0 Å². The number of aromatic nitrogens is 1. The second kappa shape index (κ2) is 12.8. The van der Waals surface area contributed by atoms with E-state index in [0.717, 1.165) is 21.9 Å². The molecule has 1 saturated heterocycles. The number of imide groups is 1. The van der Waals surface area contributed by atoms with Crippen molar-refractivity contribution in [3.8, 4) is 11.5 Å². The lowest BCUT2D eigenvalue weighted by molar-refractivity contribution is -0.123. The molecule has 50 heavy (non-hydrogen) atoms. The zero-order valence-corrected chi connectivity index (χ0v) is 28.8. The van der Waals surface area contributed by atoms with E-state index in [1.807, 2.05) is 18.2 Å². The number of ether oxygens (including phenoxy) is 3. The first-order valence-electron chi connectivity index (χ1n) is 16.5. The summed E-state index contributed by atoms with van der Waals surface area (Å²) < 4.78 is 16.2. The van der Waals surface area contributed by atoms with E-state index in [1.165, 1.54) is 16.2 Å². The number of H-pyrrole nitrogens is 1. The summed E-state index contributed by atoms with van der Waals surface area (Å²) in [5.74, 6) is -1.24. The highest BCUT2D eigenvalue weighted by molar-refractivity contribution is 8.00. The molecule has 11 nitrogen and oxygen atoms in total. The molecule has 7 atom stereocenters. The molecule has 4 aromatic rings. The number of rotatable bonds is 9. The van der Waals surface area contributed by atoms with Gasteiger partial charge >= 0.3 is 10.8 Å². The van der Waals surface area contributed by atoms with Crippen LogP contribution in [0.5, 0.6) is 11.5 Å². The Labute approximate surface area is 295 Å². The summed E-state index contributed by atoms with van der Waals surface area (Å²) in [5.41, 5.74) is 2.34. The Bertz CT molecular complexity index is 2060. The van der Waals surface area contributed by atoms with Crippen LogP contribution in [0.2, 0.25) is 0 Å². The van der Waals surface area contributed by atoms with Gasteiger partial charge in [-0.2, -0.15) is 0 Å². The standard InChI is InChI=1S/C37H33N3O8S2/c1-3-47-36(44)18-7-11-21(12-8-18)40-34(42)29-24-16-25(30(29)35(40)43)31-28(24)27(32-33(49-31)39-37(45)50-32)19-5-4-6-23(15-19)48-17-26(41)38-20-9-13-22(46-2)14-10-20/h4-15,24-25,27-31H,3,16-17H2,1-2H3,(H,38,41)(H,39,45)/t24-,25-,27-,28?,29?,30?,31?/m1/s1. The Morgan fingerprint density at radius 1 is 0.940 bits per heavy atom. The van der Waals surface area contributed by atoms with Crippen LogP contribution < -0.4 is 24.6 Å². The summed E-state index contributed by atoms with van der Waals surface area (Å²) in [6, 6.07) is 21.0. The van der Waals surface area contributed by atoms with Crippen molar-refractivity contribution in [1.82, 2.24) is 4.98 Å². The van der Waals surface area contributed by atoms with Crippen LogP contribution in [0.25, 0.3) is 0 Å². The number of anilines is 2. The van der Waals surface area contributed by atoms with E-state index in [2.05, 4.69) is 10.3 Å². The number of fused-ring (bicyclic) bond motifs is 9. The molecule has 2 bridgehead atoms. The first-order valence-corrected chi connectivity index (χ1v) is 18.2. The predicted octanol–water partition coefficient (Wildman–Crippen LogP) is 5.32. The van der Waals surface area contributed by atoms with Crippen LogP contribution in [-0.4, -0.2) is 54.2 Å². The van der Waals surface area contributed by atoms with Crippen LogP contribution in [0, 0.1) is 29.6 Å². The zero-order valence-electron chi connectivity index (χ0n) is 27.1. The third-order valence-electron chi connectivity index (χ3n) is 10.3. The maximum atomic E-state index is 14.1. The normalized spacial score (nSPS) is 25.9. The van der Waals surface area contributed by atoms with Crippen molar-refractivity contribution in [3.63, 3.8) is 0 Å². The second-order valence-electron chi connectivity index (χ2n) is 12.9. The fourth-order valence-corrected chi connectivity index (χ4v) is 11.3. The maximum absolute atomic E-state index is 14.1. The van der Waals surface area contributed by atoms with Gasteiger partial charge in [-0.05, 0) is 97.3 Å². The van der Waals surface area contributed by atoms with E-state index < -0.39 is 17.8 Å². The van der Waals surface area contributed by atoms with Gasteiger partial charge in [-0.15, -0.1) is 11.8 Å². The van der Waals surface area contributed by atoms with Crippen molar-refractivity contribution in [3.05, 3.63) is 98.5 Å². The number of hydrogen-bond donors (Lipinski definition) is 2. The lowest BCUT2D eigenvalue weighted by Gasteiger charge is -2.43. The number of nitrogens with zero attached hydrogens (tertiary/aromatic N) is 1. The Morgan fingerprint density at radius 2 is 1.68 bits per heavy atom. The van der Waals surface area contributed by atoms with Gasteiger partial charge < -0.3 is 24.5 Å². The van der Waals surface area contributed by atoms with Crippen LogP contribution in [0.4, 0.5) is 11.4 Å². The average Bonchev–Trinajstić information content (AvgIpc) is 3.86. The van der Waals surface area contributed by atoms with Crippen molar-refractivity contribution < 1.29 is 33.4 Å². The van der Waals surface area contributed by atoms with Crippen molar-refractivity contribution in [2.24, 2.45) is 29.6 Å². The molecule has 4 aliphatic rings. The van der Waals surface area contributed by atoms with Gasteiger partial charge in [0.05, 0.1) is 41.8 Å². The van der Waals surface area contributed by atoms with Crippen LogP contribution >= 0.6 is 23.1 Å². The third kappa shape index (κ3) is 5.39. The number of hydrogen-bond acceptors (Lipinski definition) is 10. The van der Waals surface area contributed by atoms with Gasteiger partial charge in [0.1, 0.15) is 11.5 Å². The highest BCUT2D eigenvalue weighted by atomic mass is 32.2. The summed E-state index contributed by atoms with van der Waals surface area (Å²) in [5, 5.41) is 3.65. The number of thiazole rings is 1. The smallest absolute Gasteiger partial charge is 0.338 e. The molecular formula is C37H33N3O8S2. The Balaban J connectivity index is 1.05. The van der Waals surface area contributed by atoms with Crippen LogP contribution in [0.15, 0.2) is 82.6 Å². The molecule has 3 aromatic carbocycles. The molecule has 3 fully saturated rings. The first-order chi connectivity index (χ1) is 24.2. The molecule has 0 radical (unpaired) electrons. The molecule has 3 heterocycles. The van der Waals surface area contributed by atoms with Gasteiger partial charge in [0.2, 0.25) is 11.8 Å². The molecule has 3 amide bonds. The number of thioether (sulfide) groups is 1. The number of esters is 1. The second-order valence-corrected chi connectivity index (χ2v) is 15.1. The number of benzene rings is 3. The van der Waals surface area contributed by atoms with Gasteiger partial charge in [-0.25, -0.2) is 4.79 Å². The van der Waals surface area contributed by atoms with E-state index in [1.54, 1.807) is 80.4 Å². The fourth-order valence-electron chi connectivity index (χ4n) is 8.42.